The number of tetrazole rings is 1. The molecule has 10 heteroatoms. The quantitative estimate of drug-likeness (QED) is 0.530. The Hall–Kier alpha value is -3.37. The Morgan fingerprint density at radius 1 is 1.07 bits per heavy atom. The number of aryl methyl sites for hydroxylation is 1. The topological polar surface area (TPSA) is 108 Å². The fourth-order valence-electron chi connectivity index (χ4n) is 2.87. The normalized spacial score (nSPS) is 12.8. The lowest BCUT2D eigenvalue weighted by Crippen LogP contribution is -2.31. The Morgan fingerprint density at radius 2 is 1.89 bits per heavy atom. The smallest absolute Gasteiger partial charge is 0.241 e. The number of rotatable bonds is 6. The Kier molecular flexibility index (Phi) is 4.72. The van der Waals surface area contributed by atoms with Crippen LogP contribution in [0.3, 0.4) is 0 Å². The van der Waals surface area contributed by atoms with Crippen LogP contribution in [0.15, 0.2) is 78.2 Å². The number of hydrogen-bond donors (Lipinski definition) is 1. The van der Waals surface area contributed by atoms with Crippen molar-refractivity contribution < 1.29 is 8.42 Å². The summed E-state index contributed by atoms with van der Waals surface area (Å²) in [5.74, 6) is 0.589. The zero-order chi connectivity index (χ0) is 19.6. The molecule has 0 aliphatic carbocycles. The molecule has 9 nitrogen and oxygen atoms in total. The van der Waals surface area contributed by atoms with E-state index >= 15 is 0 Å². The Bertz CT molecular complexity index is 1170. The number of hydrogen-bond acceptors (Lipinski definition) is 6. The van der Waals surface area contributed by atoms with E-state index in [-0.39, 0.29) is 4.90 Å². The lowest BCUT2D eigenvalue weighted by molar-refractivity contribution is 0.562. The van der Waals surface area contributed by atoms with Gasteiger partial charge in [-0.05, 0) is 34.2 Å². The van der Waals surface area contributed by atoms with Crippen LogP contribution in [0.25, 0.3) is 5.69 Å². The molecule has 142 valence electrons. The highest BCUT2D eigenvalue weighted by atomic mass is 32.2. The highest BCUT2D eigenvalue weighted by Crippen LogP contribution is 2.24. The molecule has 1 N–H and O–H groups in total. The van der Waals surface area contributed by atoms with Crippen molar-refractivity contribution >= 4 is 10.0 Å². The van der Waals surface area contributed by atoms with Gasteiger partial charge in [-0.25, -0.2) is 18.1 Å². The van der Waals surface area contributed by atoms with Gasteiger partial charge in [-0.15, -0.1) is 5.10 Å². The van der Waals surface area contributed by atoms with Crippen molar-refractivity contribution in [2.45, 2.75) is 10.9 Å². The lowest BCUT2D eigenvalue weighted by atomic mass is 10.1. The first-order valence-corrected chi connectivity index (χ1v) is 9.91. The van der Waals surface area contributed by atoms with Crippen molar-refractivity contribution in [2.24, 2.45) is 7.05 Å². The van der Waals surface area contributed by atoms with Gasteiger partial charge in [0.15, 0.2) is 0 Å². The molecule has 2 aromatic heterocycles. The maximum absolute atomic E-state index is 13.1. The van der Waals surface area contributed by atoms with E-state index in [1.54, 1.807) is 29.1 Å². The minimum atomic E-state index is -3.85. The molecular weight excluding hydrogens is 378 g/mol. The minimum Gasteiger partial charge on any atom is -0.336 e. The first-order valence-electron chi connectivity index (χ1n) is 8.42. The number of benzene rings is 2. The maximum Gasteiger partial charge on any atom is 0.241 e. The summed E-state index contributed by atoms with van der Waals surface area (Å²) in [6, 6.07) is 15.1. The molecule has 0 spiro atoms. The van der Waals surface area contributed by atoms with Gasteiger partial charge in [0, 0.05) is 19.4 Å². The summed E-state index contributed by atoms with van der Waals surface area (Å²) in [6.07, 6.45) is 4.82. The fourth-order valence-corrected chi connectivity index (χ4v) is 4.09. The van der Waals surface area contributed by atoms with Gasteiger partial charge in [-0.3, -0.25) is 0 Å². The molecule has 0 saturated carbocycles. The van der Waals surface area contributed by atoms with Crippen molar-refractivity contribution in [2.75, 3.05) is 0 Å². The van der Waals surface area contributed by atoms with Crippen molar-refractivity contribution in [1.29, 1.82) is 0 Å². The number of nitrogens with zero attached hydrogens (tertiary/aromatic N) is 6. The van der Waals surface area contributed by atoms with E-state index in [9.17, 15) is 8.42 Å². The van der Waals surface area contributed by atoms with Crippen LogP contribution < -0.4 is 4.72 Å². The van der Waals surface area contributed by atoms with E-state index in [1.807, 2.05) is 37.4 Å². The van der Waals surface area contributed by atoms with E-state index in [0.29, 0.717) is 11.5 Å². The predicted octanol–water partition coefficient (Wildman–Crippen LogP) is 1.46. The summed E-state index contributed by atoms with van der Waals surface area (Å²) in [5, 5.41) is 11.0. The Balaban J connectivity index is 1.72. The molecule has 0 fully saturated rings. The Morgan fingerprint density at radius 3 is 2.57 bits per heavy atom. The van der Waals surface area contributed by atoms with Gasteiger partial charge in [-0.1, -0.05) is 36.4 Å². The highest BCUT2D eigenvalue weighted by Gasteiger charge is 2.26. The van der Waals surface area contributed by atoms with E-state index < -0.39 is 16.1 Å². The van der Waals surface area contributed by atoms with E-state index in [4.69, 9.17) is 0 Å². The molecule has 4 rings (SSSR count). The van der Waals surface area contributed by atoms with Gasteiger partial charge >= 0.3 is 0 Å². The highest BCUT2D eigenvalue weighted by molar-refractivity contribution is 7.89. The van der Waals surface area contributed by atoms with Gasteiger partial charge < -0.3 is 4.57 Å². The second-order valence-electron chi connectivity index (χ2n) is 6.11. The molecule has 28 heavy (non-hydrogen) atoms. The molecule has 4 aromatic rings. The van der Waals surface area contributed by atoms with Crippen LogP contribution >= 0.6 is 0 Å². The first kappa shape index (κ1) is 18.0. The van der Waals surface area contributed by atoms with Gasteiger partial charge in [0.1, 0.15) is 18.2 Å². The molecule has 0 saturated heterocycles. The summed E-state index contributed by atoms with van der Waals surface area (Å²) in [7, 11) is -2.02. The molecule has 2 aromatic carbocycles. The predicted molar refractivity (Wildman–Crippen MR) is 101 cm³/mol. The van der Waals surface area contributed by atoms with Crippen molar-refractivity contribution in [3.8, 4) is 5.69 Å². The van der Waals surface area contributed by atoms with Crippen LogP contribution in [0.1, 0.15) is 17.4 Å². The molecule has 0 amide bonds. The lowest BCUT2D eigenvalue weighted by Gasteiger charge is -2.19. The zero-order valence-electron chi connectivity index (χ0n) is 14.9. The fraction of sp³-hybridized carbons (Fsp3) is 0.111. The summed E-state index contributed by atoms with van der Waals surface area (Å²) in [4.78, 5) is 4.44. The molecule has 1 atom stereocenters. The monoisotopic (exact) mass is 395 g/mol. The largest absolute Gasteiger partial charge is 0.336 e. The Labute approximate surface area is 161 Å². The molecule has 0 aliphatic rings. The molecule has 1 unspecified atom stereocenters. The first-order chi connectivity index (χ1) is 13.5. The summed E-state index contributed by atoms with van der Waals surface area (Å²) >= 11 is 0. The van der Waals surface area contributed by atoms with E-state index in [0.717, 1.165) is 5.56 Å². The molecule has 0 bridgehead atoms. The average Bonchev–Trinajstić information content (AvgIpc) is 3.39. The van der Waals surface area contributed by atoms with Crippen LogP contribution in [0.2, 0.25) is 0 Å². The van der Waals surface area contributed by atoms with Crippen LogP contribution in [0.4, 0.5) is 0 Å². The van der Waals surface area contributed by atoms with Crippen molar-refractivity contribution in [3.05, 3.63) is 84.7 Å². The van der Waals surface area contributed by atoms with Crippen molar-refractivity contribution in [3.63, 3.8) is 0 Å². The van der Waals surface area contributed by atoms with E-state index in [2.05, 4.69) is 25.2 Å². The zero-order valence-corrected chi connectivity index (χ0v) is 15.7. The van der Waals surface area contributed by atoms with E-state index in [1.165, 1.54) is 23.1 Å². The standard InChI is InChI=1S/C18H17N7O2S/c1-24-11-10-19-18(24)17(14-6-3-2-4-7-14)21-28(26,27)16-9-5-8-15(12-16)25-13-20-22-23-25/h2-13,17,21H,1H3. The van der Waals surface area contributed by atoms with Crippen LogP contribution in [0, 0.1) is 0 Å². The molecule has 0 radical (unpaired) electrons. The number of nitrogens with one attached hydrogen (secondary N) is 1. The minimum absolute atomic E-state index is 0.107. The molecular formula is C18H17N7O2S. The third kappa shape index (κ3) is 3.55. The second-order valence-corrected chi connectivity index (χ2v) is 7.83. The van der Waals surface area contributed by atoms with Gasteiger partial charge in [0.05, 0.1) is 10.6 Å². The average molecular weight is 395 g/mol. The van der Waals surface area contributed by atoms with Gasteiger partial charge in [0.2, 0.25) is 10.0 Å². The third-order valence-corrected chi connectivity index (χ3v) is 5.68. The van der Waals surface area contributed by atoms with Gasteiger partial charge in [0.25, 0.3) is 0 Å². The van der Waals surface area contributed by atoms with Crippen LogP contribution in [-0.4, -0.2) is 38.2 Å². The summed E-state index contributed by atoms with van der Waals surface area (Å²) < 4.78 is 32.2. The number of sulfonamides is 1. The number of aromatic nitrogens is 6. The summed E-state index contributed by atoms with van der Waals surface area (Å²) in [5.41, 5.74) is 1.33. The summed E-state index contributed by atoms with van der Waals surface area (Å²) in [6.45, 7) is 0. The SMILES string of the molecule is Cn1ccnc1C(NS(=O)(=O)c1cccc(-n2cnnn2)c1)c1ccccc1. The van der Waals surface area contributed by atoms with Gasteiger partial charge in [-0.2, -0.15) is 4.72 Å². The number of imidazole rings is 1. The van der Waals surface area contributed by atoms with Crippen LogP contribution in [0.5, 0.6) is 0 Å². The second kappa shape index (κ2) is 7.33. The van der Waals surface area contributed by atoms with Crippen LogP contribution in [-0.2, 0) is 17.1 Å². The van der Waals surface area contributed by atoms with Crippen molar-refractivity contribution in [1.82, 2.24) is 34.5 Å². The third-order valence-electron chi connectivity index (χ3n) is 4.26. The maximum atomic E-state index is 13.1. The molecule has 0 aliphatic heterocycles. The molecule has 2 heterocycles.